The van der Waals surface area contributed by atoms with Crippen LogP contribution in [0.1, 0.15) is 43.9 Å². The molecule has 0 saturated carbocycles. The van der Waals surface area contributed by atoms with E-state index in [1.165, 1.54) is 10.1 Å². The van der Waals surface area contributed by atoms with Crippen LogP contribution in [-0.2, 0) is 35.6 Å². The Bertz CT molecular complexity index is 1510. The summed E-state index contributed by atoms with van der Waals surface area (Å²) in [4.78, 5) is 51.5. The molecule has 9 heteroatoms. The largest absolute Gasteiger partial charge is 0.467 e. The normalized spacial score (nSPS) is 11.8. The van der Waals surface area contributed by atoms with Gasteiger partial charge in [-0.1, -0.05) is 42.5 Å². The van der Waals surface area contributed by atoms with E-state index < -0.39 is 11.2 Å². The van der Waals surface area contributed by atoms with E-state index in [-0.39, 0.29) is 37.4 Å². The van der Waals surface area contributed by atoms with Gasteiger partial charge in [0, 0.05) is 19.0 Å². The molecular weight excluding hydrogens is 496 g/mol. The molecule has 0 aliphatic rings. The molecule has 0 bridgehead atoms. The molecule has 2 N–H and O–H groups in total. The molecule has 204 valence electrons. The Morgan fingerprint density at radius 3 is 2.44 bits per heavy atom. The molecule has 2 amide bonds. The zero-order chi connectivity index (χ0) is 27.6. The lowest BCUT2D eigenvalue weighted by Crippen LogP contribution is -2.44. The number of aromatic nitrogens is 2. The highest BCUT2D eigenvalue weighted by atomic mass is 16.3. The lowest BCUT2D eigenvalue weighted by atomic mass is 10.1. The van der Waals surface area contributed by atoms with E-state index in [4.69, 9.17) is 4.42 Å². The third-order valence-corrected chi connectivity index (χ3v) is 6.63. The molecule has 4 rings (SSSR count). The van der Waals surface area contributed by atoms with Gasteiger partial charge in [0.2, 0.25) is 11.8 Å². The maximum atomic E-state index is 13.4. The van der Waals surface area contributed by atoms with Crippen LogP contribution in [-0.4, -0.2) is 27.0 Å². The Hall–Kier alpha value is -4.40. The number of nitrogens with zero attached hydrogens (tertiary/aromatic N) is 2. The van der Waals surface area contributed by atoms with Crippen LogP contribution in [0.25, 0.3) is 10.9 Å². The SMILES string of the molecule is C[C@@H](CCc1ccccc1)NC(=O)Cn1c(=O)n(CCCCC(=O)NCc2ccco2)c(=O)c2ccccc21. The topological polar surface area (TPSA) is 115 Å². The first-order valence-corrected chi connectivity index (χ1v) is 13.3. The number of carbonyl (C=O) groups excluding carboxylic acids is 2. The molecule has 0 radical (unpaired) electrons. The van der Waals surface area contributed by atoms with Gasteiger partial charge in [-0.3, -0.25) is 23.5 Å². The van der Waals surface area contributed by atoms with Crippen molar-refractivity contribution in [3.63, 3.8) is 0 Å². The number of rotatable bonds is 13. The molecule has 0 spiro atoms. The molecule has 1 atom stereocenters. The molecule has 39 heavy (non-hydrogen) atoms. The van der Waals surface area contributed by atoms with Gasteiger partial charge in [0.25, 0.3) is 5.56 Å². The summed E-state index contributed by atoms with van der Waals surface area (Å²) in [6.07, 6.45) is 4.37. The van der Waals surface area contributed by atoms with Gasteiger partial charge in [-0.15, -0.1) is 0 Å². The summed E-state index contributed by atoms with van der Waals surface area (Å²) in [5, 5.41) is 6.13. The second-order valence-corrected chi connectivity index (χ2v) is 9.65. The Morgan fingerprint density at radius 2 is 1.67 bits per heavy atom. The number of nitrogens with one attached hydrogen (secondary N) is 2. The van der Waals surface area contributed by atoms with Crippen molar-refractivity contribution in [2.75, 3.05) is 0 Å². The van der Waals surface area contributed by atoms with Crippen molar-refractivity contribution < 1.29 is 14.0 Å². The fraction of sp³-hybridized carbons (Fsp3) is 0.333. The van der Waals surface area contributed by atoms with Crippen LogP contribution in [0.15, 0.2) is 87.0 Å². The number of furan rings is 1. The summed E-state index contributed by atoms with van der Waals surface area (Å²) in [6.45, 7) is 2.22. The second-order valence-electron chi connectivity index (χ2n) is 9.65. The Balaban J connectivity index is 1.38. The number of hydrogen-bond donors (Lipinski definition) is 2. The van der Waals surface area contributed by atoms with Crippen molar-refractivity contribution in [1.29, 1.82) is 0 Å². The van der Waals surface area contributed by atoms with Gasteiger partial charge in [-0.05, 0) is 62.4 Å². The molecule has 0 unspecified atom stereocenters. The molecule has 0 saturated heterocycles. The third kappa shape index (κ3) is 7.56. The summed E-state index contributed by atoms with van der Waals surface area (Å²) in [5.74, 6) is 0.246. The number of hydrogen-bond acceptors (Lipinski definition) is 5. The summed E-state index contributed by atoms with van der Waals surface area (Å²) in [7, 11) is 0. The first-order chi connectivity index (χ1) is 18.9. The van der Waals surface area contributed by atoms with Crippen LogP contribution >= 0.6 is 0 Å². The van der Waals surface area contributed by atoms with E-state index in [1.54, 1.807) is 42.7 Å². The molecule has 2 aromatic heterocycles. The lowest BCUT2D eigenvalue weighted by molar-refractivity contribution is -0.122. The predicted molar refractivity (Wildman–Crippen MR) is 149 cm³/mol. The molecule has 4 aromatic rings. The quantitative estimate of drug-likeness (QED) is 0.257. The van der Waals surface area contributed by atoms with Crippen molar-refractivity contribution in [2.45, 2.75) is 64.7 Å². The van der Waals surface area contributed by atoms with Crippen molar-refractivity contribution in [3.05, 3.63) is 105 Å². The van der Waals surface area contributed by atoms with Crippen molar-refractivity contribution >= 4 is 22.7 Å². The van der Waals surface area contributed by atoms with Gasteiger partial charge in [0.15, 0.2) is 0 Å². The summed E-state index contributed by atoms with van der Waals surface area (Å²) < 4.78 is 7.72. The molecule has 9 nitrogen and oxygen atoms in total. The average molecular weight is 531 g/mol. The van der Waals surface area contributed by atoms with Crippen LogP contribution < -0.4 is 21.9 Å². The van der Waals surface area contributed by atoms with Gasteiger partial charge < -0.3 is 15.1 Å². The number of fused-ring (bicyclic) bond motifs is 1. The Kier molecular flexibility index (Phi) is 9.50. The number of para-hydroxylation sites is 1. The van der Waals surface area contributed by atoms with Gasteiger partial charge in [-0.2, -0.15) is 0 Å². The lowest BCUT2D eigenvalue weighted by Gasteiger charge is -2.17. The standard InChI is InChI=1S/C30H34N4O5/c1-22(16-17-23-10-3-2-4-11-23)32-28(36)21-34-26-14-6-5-13-25(26)29(37)33(30(34)38)18-8-7-15-27(35)31-20-24-12-9-19-39-24/h2-6,9-14,19,22H,7-8,15-18,20-21H2,1H3,(H,31,35)(H,32,36)/t22-/m0/s1. The third-order valence-electron chi connectivity index (χ3n) is 6.63. The predicted octanol–water partition coefficient (Wildman–Crippen LogP) is 3.38. The maximum Gasteiger partial charge on any atom is 0.331 e. The summed E-state index contributed by atoms with van der Waals surface area (Å²) in [6, 6.07) is 20.3. The maximum absolute atomic E-state index is 13.4. The van der Waals surface area contributed by atoms with Crippen molar-refractivity contribution in [1.82, 2.24) is 19.8 Å². The van der Waals surface area contributed by atoms with Gasteiger partial charge in [-0.25, -0.2) is 4.79 Å². The van der Waals surface area contributed by atoms with Gasteiger partial charge in [0.05, 0.1) is 23.7 Å². The van der Waals surface area contributed by atoms with E-state index in [0.717, 1.165) is 17.4 Å². The minimum atomic E-state index is -0.534. The number of amides is 2. The highest BCUT2D eigenvalue weighted by molar-refractivity contribution is 5.81. The van der Waals surface area contributed by atoms with E-state index in [0.29, 0.717) is 36.0 Å². The molecular formula is C30H34N4O5. The molecule has 0 aliphatic carbocycles. The minimum absolute atomic E-state index is 0.0792. The van der Waals surface area contributed by atoms with Crippen molar-refractivity contribution in [2.24, 2.45) is 0 Å². The molecule has 2 heterocycles. The number of unbranched alkanes of at least 4 members (excludes halogenated alkanes) is 1. The highest BCUT2D eigenvalue weighted by Crippen LogP contribution is 2.09. The van der Waals surface area contributed by atoms with Gasteiger partial charge in [0.1, 0.15) is 12.3 Å². The van der Waals surface area contributed by atoms with Crippen LogP contribution in [0, 0.1) is 0 Å². The minimum Gasteiger partial charge on any atom is -0.467 e. The van der Waals surface area contributed by atoms with Crippen LogP contribution in [0.5, 0.6) is 0 Å². The van der Waals surface area contributed by atoms with Crippen molar-refractivity contribution in [3.8, 4) is 0 Å². The van der Waals surface area contributed by atoms with Crippen LogP contribution in [0.4, 0.5) is 0 Å². The number of aryl methyl sites for hydroxylation is 1. The zero-order valence-electron chi connectivity index (χ0n) is 22.1. The number of benzene rings is 2. The van der Waals surface area contributed by atoms with E-state index >= 15 is 0 Å². The van der Waals surface area contributed by atoms with E-state index in [1.807, 2.05) is 25.1 Å². The van der Waals surface area contributed by atoms with Crippen LogP contribution in [0.2, 0.25) is 0 Å². The molecule has 0 aliphatic heterocycles. The second kappa shape index (κ2) is 13.4. The number of carbonyl (C=O) groups is 2. The first kappa shape index (κ1) is 27.6. The summed E-state index contributed by atoms with van der Waals surface area (Å²) >= 11 is 0. The molecule has 2 aromatic carbocycles. The molecule has 0 fully saturated rings. The van der Waals surface area contributed by atoms with E-state index in [2.05, 4.69) is 22.8 Å². The fourth-order valence-corrected chi connectivity index (χ4v) is 4.53. The first-order valence-electron chi connectivity index (χ1n) is 13.3. The average Bonchev–Trinajstić information content (AvgIpc) is 3.47. The van der Waals surface area contributed by atoms with Gasteiger partial charge >= 0.3 is 5.69 Å². The monoisotopic (exact) mass is 530 g/mol. The van der Waals surface area contributed by atoms with E-state index in [9.17, 15) is 19.2 Å². The highest BCUT2D eigenvalue weighted by Gasteiger charge is 2.16. The van der Waals surface area contributed by atoms with Crippen LogP contribution in [0.3, 0.4) is 0 Å². The Labute approximate surface area is 226 Å². The smallest absolute Gasteiger partial charge is 0.331 e. The Morgan fingerprint density at radius 1 is 0.897 bits per heavy atom. The fourth-order valence-electron chi connectivity index (χ4n) is 4.53. The summed E-state index contributed by atoms with van der Waals surface area (Å²) in [5.41, 5.74) is 0.690. The zero-order valence-corrected chi connectivity index (χ0v) is 22.1.